The number of hydrogen-bond donors (Lipinski definition) is 0. The van der Waals surface area contributed by atoms with E-state index < -0.39 is 0 Å². The van der Waals surface area contributed by atoms with Gasteiger partial charge in [-0.3, -0.25) is 0 Å². The maximum absolute atomic E-state index is 2.49. The quantitative estimate of drug-likeness (QED) is 0.127. The summed E-state index contributed by atoms with van der Waals surface area (Å²) < 4.78 is 2.38. The molecule has 0 saturated carbocycles. The van der Waals surface area contributed by atoms with E-state index in [2.05, 4.69) is 323 Å². The minimum absolute atomic E-state index is 0.253. The molecule has 0 bridgehead atoms. The van der Waals surface area contributed by atoms with Crippen LogP contribution in [0.2, 0.25) is 0 Å². The van der Waals surface area contributed by atoms with Crippen LogP contribution in [0.3, 0.4) is 0 Å². The third kappa shape index (κ3) is 7.52. The number of hydrogen-bond acceptors (Lipinski definition) is 3. The van der Waals surface area contributed by atoms with Crippen LogP contribution in [0.15, 0.2) is 303 Å². The molecule has 2 heterocycles. The Bertz CT molecular complexity index is 4310. The molecular weight excluding hydrogens is 945 g/mol. The molecule has 0 saturated heterocycles. The van der Waals surface area contributed by atoms with Crippen LogP contribution >= 0.6 is 0 Å². The lowest BCUT2D eigenvalue weighted by Crippen LogP contribution is -2.28. The largest absolute Gasteiger partial charge is 0.333 e. The van der Waals surface area contributed by atoms with Crippen LogP contribution in [0.25, 0.3) is 71.3 Å². The molecule has 1 aliphatic heterocycles. The highest BCUT2D eigenvalue weighted by Crippen LogP contribution is 2.49. The van der Waals surface area contributed by atoms with Crippen LogP contribution in [0.1, 0.15) is 11.5 Å². The molecule has 2 unspecified atom stereocenters. The molecule has 0 radical (unpaired) electrons. The van der Waals surface area contributed by atoms with E-state index in [1.165, 1.54) is 82.5 Å². The Balaban J connectivity index is 0.777. The molecule has 12 aromatic carbocycles. The second-order valence-electron chi connectivity index (χ2n) is 20.4. The van der Waals surface area contributed by atoms with Crippen LogP contribution in [-0.4, -0.2) is 10.6 Å². The van der Waals surface area contributed by atoms with Gasteiger partial charge in [0.05, 0.1) is 17.1 Å². The van der Waals surface area contributed by atoms with Gasteiger partial charge in [0.15, 0.2) is 0 Å². The van der Waals surface area contributed by atoms with Gasteiger partial charge in [-0.2, -0.15) is 0 Å². The van der Waals surface area contributed by atoms with Gasteiger partial charge in [0, 0.05) is 67.9 Å². The van der Waals surface area contributed by atoms with Crippen molar-refractivity contribution in [3.05, 3.63) is 309 Å². The van der Waals surface area contributed by atoms with E-state index in [0.717, 1.165) is 39.8 Å². The highest BCUT2D eigenvalue weighted by Gasteiger charge is 2.37. The van der Waals surface area contributed by atoms with Crippen molar-refractivity contribution in [1.82, 2.24) is 4.57 Å². The highest BCUT2D eigenvalue weighted by molar-refractivity contribution is 6.21. The van der Waals surface area contributed by atoms with Gasteiger partial charge in [-0.15, -0.1) is 0 Å². The van der Waals surface area contributed by atoms with Gasteiger partial charge in [-0.1, -0.05) is 188 Å². The molecule has 0 fully saturated rings. The normalized spacial score (nSPS) is 14.5. The van der Waals surface area contributed by atoms with Crippen molar-refractivity contribution in [1.29, 1.82) is 0 Å². The molecule has 1 aromatic heterocycles. The van der Waals surface area contributed by atoms with Crippen molar-refractivity contribution in [3.8, 4) is 27.9 Å². The summed E-state index contributed by atoms with van der Waals surface area (Å²) in [6, 6.07) is 102. The van der Waals surface area contributed by atoms with Crippen molar-refractivity contribution < 1.29 is 0 Å². The number of benzene rings is 12. The summed E-state index contributed by atoms with van der Waals surface area (Å²) in [5, 5.41) is 7.41. The van der Waals surface area contributed by atoms with Gasteiger partial charge in [0.25, 0.3) is 0 Å². The lowest BCUT2D eigenvalue weighted by Gasteiger charge is -2.30. The topological polar surface area (TPSA) is 14.7 Å². The number of nitrogens with zero attached hydrogens (tertiary/aromatic N) is 4. The first kappa shape index (κ1) is 45.3. The number of fused-ring (bicyclic) bond motifs is 8. The molecule has 1 aliphatic carbocycles. The van der Waals surface area contributed by atoms with E-state index in [1.807, 2.05) is 0 Å². The molecule has 0 amide bonds. The fourth-order valence-electron chi connectivity index (χ4n) is 12.7. The first-order valence-electron chi connectivity index (χ1n) is 27.0. The third-order valence-corrected chi connectivity index (χ3v) is 16.1. The van der Waals surface area contributed by atoms with Gasteiger partial charge in [-0.05, 0) is 165 Å². The smallest absolute Gasteiger partial charge is 0.0629 e. The second kappa shape index (κ2) is 18.9. The summed E-state index contributed by atoms with van der Waals surface area (Å²) in [7, 11) is 0. The Morgan fingerprint density at radius 2 is 0.641 bits per heavy atom. The van der Waals surface area contributed by atoms with Gasteiger partial charge < -0.3 is 19.3 Å². The lowest BCUT2D eigenvalue weighted by molar-refractivity contribution is 0.745. The Morgan fingerprint density at radius 1 is 0.282 bits per heavy atom. The third-order valence-electron chi connectivity index (χ3n) is 16.1. The maximum atomic E-state index is 2.49. The average Bonchev–Trinajstić information content (AvgIpc) is 4.12. The minimum atomic E-state index is 0.253. The van der Waals surface area contributed by atoms with E-state index in [4.69, 9.17) is 0 Å². The monoisotopic (exact) mass is 996 g/mol. The number of para-hydroxylation sites is 5. The first-order valence-corrected chi connectivity index (χ1v) is 27.0. The summed E-state index contributed by atoms with van der Waals surface area (Å²) >= 11 is 0. The zero-order valence-corrected chi connectivity index (χ0v) is 42.8. The summed E-state index contributed by atoms with van der Waals surface area (Å²) in [6.07, 6.45) is 9.04. The fraction of sp³-hybridized carbons (Fsp3) is 0.0270. The SMILES string of the molecule is C1=CC2c3ccccc3N(c3ccc(N(c4ccccc4)c4ccc(-c5c6ccccc6c(-c6ccc(N(c7ccccc7)c7ccc(-n8c9ccccc9c9ccccc98)cc7)cc6)c6ccccc56)cc4)cc3)C2C=C1. The second-order valence-corrected chi connectivity index (χ2v) is 20.4. The first-order chi connectivity index (χ1) is 38.7. The number of rotatable bonds is 10. The van der Waals surface area contributed by atoms with E-state index in [1.54, 1.807) is 0 Å². The fourth-order valence-corrected chi connectivity index (χ4v) is 12.7. The molecular formula is C74H52N4. The molecule has 13 aromatic rings. The van der Waals surface area contributed by atoms with Crippen molar-refractivity contribution in [3.63, 3.8) is 0 Å². The molecule has 4 nitrogen and oxygen atoms in total. The zero-order valence-electron chi connectivity index (χ0n) is 42.8. The predicted molar refractivity (Wildman–Crippen MR) is 329 cm³/mol. The molecule has 4 heteroatoms. The lowest BCUT2D eigenvalue weighted by atomic mass is 9.86. The van der Waals surface area contributed by atoms with Crippen LogP contribution in [0.5, 0.6) is 0 Å². The molecule has 368 valence electrons. The summed E-state index contributed by atoms with van der Waals surface area (Å²) in [5.74, 6) is 0.342. The van der Waals surface area contributed by atoms with Gasteiger partial charge in [0.1, 0.15) is 0 Å². The van der Waals surface area contributed by atoms with E-state index in [-0.39, 0.29) is 6.04 Å². The number of aromatic nitrogens is 1. The summed E-state index contributed by atoms with van der Waals surface area (Å²) in [6.45, 7) is 0. The standard InChI is InChI=1S/C74H52N4/c1-3-19-53(20-4-1)75(57-43-47-59(48-44-57)77-69-31-15-11-23-61(69)62-24-12-16-32-70(62)77)55-39-35-51(36-40-55)73-65-27-7-9-29-67(65)74(68-30-10-8-28-66(68)73)52-37-41-56(42-38-52)76(54-21-5-2-6-22-54)58-45-49-60(50-46-58)78-71-33-17-13-25-63(71)64-26-14-18-34-72(64)78/h1-50,61,69H. The molecule has 2 aliphatic rings. The Kier molecular flexibility index (Phi) is 11.0. The molecule has 78 heavy (non-hydrogen) atoms. The van der Waals surface area contributed by atoms with Crippen molar-refractivity contribution in [2.45, 2.75) is 12.0 Å². The number of allylic oxidation sites excluding steroid dienone is 2. The molecule has 0 spiro atoms. The van der Waals surface area contributed by atoms with Gasteiger partial charge in [-0.25, -0.2) is 0 Å². The van der Waals surface area contributed by atoms with Crippen molar-refractivity contribution in [2.75, 3.05) is 14.7 Å². The van der Waals surface area contributed by atoms with Crippen LogP contribution < -0.4 is 14.7 Å². The maximum Gasteiger partial charge on any atom is 0.0629 e. The van der Waals surface area contributed by atoms with Crippen molar-refractivity contribution in [2.24, 2.45) is 0 Å². The predicted octanol–water partition coefficient (Wildman–Crippen LogP) is 20.1. The van der Waals surface area contributed by atoms with Crippen LogP contribution in [0, 0.1) is 0 Å². The van der Waals surface area contributed by atoms with Gasteiger partial charge >= 0.3 is 0 Å². The summed E-state index contributed by atoms with van der Waals surface area (Å²) in [5.41, 5.74) is 18.8. The van der Waals surface area contributed by atoms with Gasteiger partial charge in [0.2, 0.25) is 0 Å². The average molecular weight is 997 g/mol. The van der Waals surface area contributed by atoms with E-state index in [0.29, 0.717) is 5.92 Å². The highest BCUT2D eigenvalue weighted by atomic mass is 15.2. The Hall–Kier alpha value is -10.2. The van der Waals surface area contributed by atoms with E-state index in [9.17, 15) is 0 Å². The van der Waals surface area contributed by atoms with Crippen LogP contribution in [-0.2, 0) is 0 Å². The molecule has 0 N–H and O–H groups in total. The number of anilines is 8. The minimum Gasteiger partial charge on any atom is -0.333 e. The van der Waals surface area contributed by atoms with E-state index >= 15 is 0 Å². The molecule has 2 atom stereocenters. The summed E-state index contributed by atoms with van der Waals surface area (Å²) in [4.78, 5) is 7.21. The zero-order chi connectivity index (χ0) is 51.5. The van der Waals surface area contributed by atoms with Crippen molar-refractivity contribution >= 4 is 88.8 Å². The molecule has 15 rings (SSSR count). The van der Waals surface area contributed by atoms with Crippen LogP contribution in [0.4, 0.5) is 45.5 Å². The Labute approximate surface area is 454 Å². The Morgan fingerprint density at radius 3 is 1.12 bits per heavy atom.